The third kappa shape index (κ3) is 2.63. The van der Waals surface area contributed by atoms with Crippen molar-refractivity contribution in [1.29, 1.82) is 0 Å². The standard InChI is InChI=1S/C15H17N3OS/c1-11-2-3-12(14-16-4-5-17-14)13(10-11)15(19)18-6-8-20-9-7-18/h2-5,10,14H,6-9H2,1H3. The van der Waals surface area contributed by atoms with Gasteiger partial charge in [0.1, 0.15) is 0 Å². The molecule has 104 valence electrons. The molecule has 0 N–H and O–H groups in total. The van der Waals surface area contributed by atoms with E-state index in [0.29, 0.717) is 0 Å². The van der Waals surface area contributed by atoms with Crippen molar-refractivity contribution >= 4 is 30.1 Å². The highest BCUT2D eigenvalue weighted by Gasteiger charge is 2.24. The van der Waals surface area contributed by atoms with Crippen LogP contribution in [0.5, 0.6) is 0 Å². The summed E-state index contributed by atoms with van der Waals surface area (Å²) in [5.74, 6) is 2.15. The van der Waals surface area contributed by atoms with E-state index in [2.05, 4.69) is 9.98 Å². The monoisotopic (exact) mass is 287 g/mol. The van der Waals surface area contributed by atoms with Gasteiger partial charge in [-0.2, -0.15) is 11.8 Å². The molecular weight excluding hydrogens is 270 g/mol. The number of carbonyl (C=O) groups is 1. The highest BCUT2D eigenvalue weighted by atomic mass is 32.2. The number of amides is 1. The largest absolute Gasteiger partial charge is 0.337 e. The minimum Gasteiger partial charge on any atom is -0.337 e. The van der Waals surface area contributed by atoms with Gasteiger partial charge in [0, 0.05) is 48.2 Å². The molecule has 1 aromatic rings. The number of hydrogen-bond acceptors (Lipinski definition) is 4. The molecule has 0 aromatic heterocycles. The van der Waals surface area contributed by atoms with Gasteiger partial charge in [-0.3, -0.25) is 14.8 Å². The van der Waals surface area contributed by atoms with E-state index < -0.39 is 0 Å². The van der Waals surface area contributed by atoms with Gasteiger partial charge in [0.15, 0.2) is 6.17 Å². The lowest BCUT2D eigenvalue weighted by molar-refractivity contribution is 0.0770. The van der Waals surface area contributed by atoms with E-state index >= 15 is 0 Å². The molecule has 0 aliphatic carbocycles. The van der Waals surface area contributed by atoms with Crippen molar-refractivity contribution in [1.82, 2.24) is 4.90 Å². The van der Waals surface area contributed by atoms with Crippen molar-refractivity contribution in [2.24, 2.45) is 9.98 Å². The first-order valence-corrected chi connectivity index (χ1v) is 7.94. The number of hydrogen-bond donors (Lipinski definition) is 0. The third-order valence-electron chi connectivity index (χ3n) is 3.54. The Bertz CT molecular complexity index is 564. The van der Waals surface area contributed by atoms with Crippen molar-refractivity contribution in [3.05, 3.63) is 34.9 Å². The average molecular weight is 287 g/mol. The Morgan fingerprint density at radius 1 is 1.25 bits per heavy atom. The maximum atomic E-state index is 12.7. The van der Waals surface area contributed by atoms with Crippen LogP contribution in [0, 0.1) is 6.92 Å². The lowest BCUT2D eigenvalue weighted by Gasteiger charge is -2.27. The minimum absolute atomic E-state index is 0.112. The van der Waals surface area contributed by atoms with Crippen LogP contribution in [0.15, 0.2) is 28.2 Å². The molecule has 3 rings (SSSR count). The maximum Gasteiger partial charge on any atom is 0.254 e. The van der Waals surface area contributed by atoms with Crippen LogP contribution in [-0.2, 0) is 0 Å². The molecule has 0 bridgehead atoms. The molecular formula is C15H17N3OS. The lowest BCUT2D eigenvalue weighted by Crippen LogP contribution is -2.38. The van der Waals surface area contributed by atoms with Crippen LogP contribution < -0.4 is 0 Å². The predicted octanol–water partition coefficient (Wildman–Crippen LogP) is 2.34. The van der Waals surface area contributed by atoms with Gasteiger partial charge >= 0.3 is 0 Å². The zero-order valence-corrected chi connectivity index (χ0v) is 12.3. The van der Waals surface area contributed by atoms with Gasteiger partial charge in [0.05, 0.1) is 0 Å². The second-order valence-corrected chi connectivity index (χ2v) is 6.19. The maximum absolute atomic E-state index is 12.7. The number of nitrogens with zero attached hydrogens (tertiary/aromatic N) is 3. The van der Waals surface area contributed by atoms with Crippen LogP contribution in [0.2, 0.25) is 0 Å². The Hall–Kier alpha value is -1.62. The summed E-state index contributed by atoms with van der Waals surface area (Å²) in [5.41, 5.74) is 2.75. The molecule has 2 heterocycles. The Labute approximate surface area is 123 Å². The summed E-state index contributed by atoms with van der Waals surface area (Å²) >= 11 is 1.90. The highest BCUT2D eigenvalue weighted by Crippen LogP contribution is 2.27. The summed E-state index contributed by atoms with van der Waals surface area (Å²) in [6.45, 7) is 3.66. The summed E-state index contributed by atoms with van der Waals surface area (Å²) in [4.78, 5) is 23.3. The summed E-state index contributed by atoms with van der Waals surface area (Å²) in [6.07, 6.45) is 3.13. The fourth-order valence-corrected chi connectivity index (χ4v) is 3.36. The Morgan fingerprint density at radius 2 is 1.95 bits per heavy atom. The molecule has 1 amide bonds. The van der Waals surface area contributed by atoms with E-state index in [9.17, 15) is 4.79 Å². The number of carbonyl (C=O) groups excluding carboxylic acids is 1. The Kier molecular flexibility index (Phi) is 3.87. The average Bonchev–Trinajstić information content (AvgIpc) is 3.01. The van der Waals surface area contributed by atoms with Crippen LogP contribution in [0.4, 0.5) is 0 Å². The van der Waals surface area contributed by atoms with Crippen LogP contribution >= 0.6 is 11.8 Å². The molecule has 20 heavy (non-hydrogen) atoms. The van der Waals surface area contributed by atoms with Crippen LogP contribution in [0.25, 0.3) is 0 Å². The number of thioether (sulfide) groups is 1. The molecule has 0 atom stereocenters. The molecule has 1 aromatic carbocycles. The summed E-state index contributed by atoms with van der Waals surface area (Å²) in [5, 5.41) is 0. The van der Waals surface area contributed by atoms with E-state index in [1.165, 1.54) is 0 Å². The molecule has 0 radical (unpaired) electrons. The van der Waals surface area contributed by atoms with E-state index in [4.69, 9.17) is 0 Å². The Balaban J connectivity index is 1.94. The first kappa shape index (κ1) is 13.4. The quantitative estimate of drug-likeness (QED) is 0.838. The van der Waals surface area contributed by atoms with Crippen molar-refractivity contribution in [2.45, 2.75) is 13.1 Å². The van der Waals surface area contributed by atoms with Gasteiger partial charge < -0.3 is 4.90 Å². The molecule has 5 heteroatoms. The smallest absolute Gasteiger partial charge is 0.254 e. The fourth-order valence-electron chi connectivity index (χ4n) is 2.46. The van der Waals surface area contributed by atoms with Crippen LogP contribution in [0.1, 0.15) is 27.7 Å². The second kappa shape index (κ2) is 5.79. The van der Waals surface area contributed by atoms with E-state index in [0.717, 1.165) is 41.3 Å². The molecule has 1 fully saturated rings. The van der Waals surface area contributed by atoms with Crippen LogP contribution in [0.3, 0.4) is 0 Å². The van der Waals surface area contributed by atoms with Crippen LogP contribution in [-0.4, -0.2) is 47.8 Å². The third-order valence-corrected chi connectivity index (χ3v) is 4.48. The zero-order chi connectivity index (χ0) is 13.9. The number of rotatable bonds is 2. The molecule has 0 unspecified atom stereocenters. The molecule has 2 aliphatic heterocycles. The Morgan fingerprint density at radius 3 is 2.65 bits per heavy atom. The molecule has 1 saturated heterocycles. The van der Waals surface area contributed by atoms with Gasteiger partial charge in [-0.1, -0.05) is 17.7 Å². The van der Waals surface area contributed by atoms with Gasteiger partial charge in [0.2, 0.25) is 0 Å². The first-order chi connectivity index (χ1) is 9.75. The molecule has 0 saturated carbocycles. The highest BCUT2D eigenvalue weighted by molar-refractivity contribution is 7.99. The first-order valence-electron chi connectivity index (χ1n) is 6.78. The fraction of sp³-hybridized carbons (Fsp3) is 0.400. The number of aryl methyl sites for hydroxylation is 1. The second-order valence-electron chi connectivity index (χ2n) is 4.97. The van der Waals surface area contributed by atoms with Gasteiger partial charge in [0.25, 0.3) is 5.91 Å². The lowest BCUT2D eigenvalue weighted by atomic mass is 10.0. The van der Waals surface area contributed by atoms with Gasteiger partial charge in [-0.25, -0.2) is 0 Å². The van der Waals surface area contributed by atoms with Gasteiger partial charge in [-0.15, -0.1) is 0 Å². The number of aliphatic imine (C=N–C) groups is 2. The van der Waals surface area contributed by atoms with E-state index in [1.54, 1.807) is 12.4 Å². The molecule has 2 aliphatic rings. The zero-order valence-electron chi connectivity index (χ0n) is 11.5. The topological polar surface area (TPSA) is 45.0 Å². The van der Waals surface area contributed by atoms with Crippen molar-refractivity contribution < 1.29 is 4.79 Å². The van der Waals surface area contributed by atoms with Crippen molar-refractivity contribution in [3.8, 4) is 0 Å². The summed E-state index contributed by atoms with van der Waals surface area (Å²) < 4.78 is 0. The number of benzene rings is 1. The van der Waals surface area contributed by atoms with Gasteiger partial charge in [-0.05, 0) is 13.0 Å². The SMILES string of the molecule is Cc1ccc(C2N=CC=N2)c(C(=O)N2CCSCC2)c1. The van der Waals surface area contributed by atoms with E-state index in [-0.39, 0.29) is 12.1 Å². The molecule has 4 nitrogen and oxygen atoms in total. The minimum atomic E-state index is -0.256. The normalized spacial score (nSPS) is 18.8. The predicted molar refractivity (Wildman–Crippen MR) is 84.1 cm³/mol. The van der Waals surface area contributed by atoms with Crippen molar-refractivity contribution in [3.63, 3.8) is 0 Å². The summed E-state index contributed by atoms with van der Waals surface area (Å²) in [6, 6.07) is 5.95. The molecule has 0 spiro atoms. The summed E-state index contributed by atoms with van der Waals surface area (Å²) in [7, 11) is 0. The van der Waals surface area contributed by atoms with Crippen molar-refractivity contribution in [2.75, 3.05) is 24.6 Å². The van der Waals surface area contributed by atoms with E-state index in [1.807, 2.05) is 41.8 Å².